The van der Waals surface area contributed by atoms with Gasteiger partial charge in [0.05, 0.1) is 6.04 Å². The van der Waals surface area contributed by atoms with Gasteiger partial charge in [0.1, 0.15) is 0 Å². The van der Waals surface area contributed by atoms with Crippen molar-refractivity contribution in [3.63, 3.8) is 0 Å². The highest BCUT2D eigenvalue weighted by molar-refractivity contribution is 5.80. The van der Waals surface area contributed by atoms with Crippen molar-refractivity contribution in [2.45, 2.75) is 58.9 Å². The average Bonchev–Trinajstić information content (AvgIpc) is 2.15. The molecule has 0 heterocycles. The summed E-state index contributed by atoms with van der Waals surface area (Å²) in [5.74, 6) is 0.764. The van der Waals surface area contributed by atoms with Crippen molar-refractivity contribution in [2.24, 2.45) is 11.7 Å². The summed E-state index contributed by atoms with van der Waals surface area (Å²) >= 11 is 0. The van der Waals surface area contributed by atoms with E-state index < -0.39 is 0 Å². The molecule has 0 aliphatic rings. The maximum absolute atomic E-state index is 11.1. The van der Waals surface area contributed by atoms with E-state index in [0.29, 0.717) is 0 Å². The molecule has 1 amide bonds. The predicted molar refractivity (Wildman–Crippen MR) is 64.6 cm³/mol. The number of nitrogens with two attached hydrogens (primary N) is 1. The lowest BCUT2D eigenvalue weighted by Gasteiger charge is -2.07. The second kappa shape index (κ2) is 8.72. The average molecular weight is 214 g/mol. The molecule has 0 aromatic heterocycles. The summed E-state index contributed by atoms with van der Waals surface area (Å²) < 4.78 is 0. The largest absolute Gasteiger partial charge is 0.355 e. The van der Waals surface area contributed by atoms with Crippen molar-refractivity contribution in [1.82, 2.24) is 5.32 Å². The Bertz CT molecular complexity index is 167. The van der Waals surface area contributed by atoms with E-state index in [1.807, 2.05) is 0 Å². The van der Waals surface area contributed by atoms with Crippen LogP contribution in [0.5, 0.6) is 0 Å². The lowest BCUT2D eigenvalue weighted by molar-refractivity contribution is -0.121. The van der Waals surface area contributed by atoms with Gasteiger partial charge in [-0.05, 0) is 19.3 Å². The van der Waals surface area contributed by atoms with Crippen LogP contribution >= 0.6 is 0 Å². The van der Waals surface area contributed by atoms with Crippen LogP contribution in [-0.2, 0) is 4.79 Å². The fourth-order valence-corrected chi connectivity index (χ4v) is 1.40. The SMILES string of the molecule is CC(C)CCCCCCNC(=O)[C@H](C)N. The summed E-state index contributed by atoms with van der Waals surface area (Å²) in [5.41, 5.74) is 5.42. The zero-order valence-corrected chi connectivity index (χ0v) is 10.4. The van der Waals surface area contributed by atoms with Crippen LogP contribution in [0.4, 0.5) is 0 Å². The van der Waals surface area contributed by atoms with Crippen molar-refractivity contribution in [1.29, 1.82) is 0 Å². The first-order chi connectivity index (χ1) is 7.04. The molecular weight excluding hydrogens is 188 g/mol. The molecule has 1 atom stereocenters. The van der Waals surface area contributed by atoms with Crippen LogP contribution in [0.3, 0.4) is 0 Å². The maximum Gasteiger partial charge on any atom is 0.236 e. The Labute approximate surface area is 93.8 Å². The van der Waals surface area contributed by atoms with E-state index in [9.17, 15) is 4.79 Å². The molecule has 0 spiro atoms. The van der Waals surface area contributed by atoms with E-state index in [1.165, 1.54) is 25.7 Å². The lowest BCUT2D eigenvalue weighted by Crippen LogP contribution is -2.38. The molecule has 0 aliphatic heterocycles. The molecule has 0 saturated carbocycles. The van der Waals surface area contributed by atoms with E-state index in [-0.39, 0.29) is 11.9 Å². The summed E-state index contributed by atoms with van der Waals surface area (Å²) in [6.45, 7) is 6.98. The van der Waals surface area contributed by atoms with Gasteiger partial charge in [-0.25, -0.2) is 0 Å². The maximum atomic E-state index is 11.1. The number of hydrogen-bond acceptors (Lipinski definition) is 2. The molecule has 90 valence electrons. The first-order valence-electron chi connectivity index (χ1n) is 6.07. The Morgan fingerprint density at radius 3 is 2.27 bits per heavy atom. The van der Waals surface area contributed by atoms with Gasteiger partial charge in [0.25, 0.3) is 0 Å². The predicted octanol–water partition coefficient (Wildman–Crippen LogP) is 2.06. The number of carbonyl (C=O) groups excluding carboxylic acids is 1. The Kier molecular flexibility index (Phi) is 8.38. The van der Waals surface area contributed by atoms with Crippen LogP contribution in [0, 0.1) is 5.92 Å². The number of unbranched alkanes of at least 4 members (excludes halogenated alkanes) is 3. The molecule has 0 rings (SSSR count). The molecule has 3 N–H and O–H groups in total. The fraction of sp³-hybridized carbons (Fsp3) is 0.917. The van der Waals surface area contributed by atoms with Crippen LogP contribution in [0.1, 0.15) is 52.9 Å². The molecule has 3 heteroatoms. The van der Waals surface area contributed by atoms with Crippen LogP contribution in [0.15, 0.2) is 0 Å². The number of nitrogens with one attached hydrogen (secondary N) is 1. The summed E-state index contributed by atoms with van der Waals surface area (Å²) in [6.07, 6.45) is 6.15. The Morgan fingerprint density at radius 2 is 1.73 bits per heavy atom. The summed E-state index contributed by atoms with van der Waals surface area (Å²) in [5, 5.41) is 2.82. The Balaban J connectivity index is 3.15. The quantitative estimate of drug-likeness (QED) is 0.608. The van der Waals surface area contributed by atoms with Gasteiger partial charge in [-0.15, -0.1) is 0 Å². The highest BCUT2D eigenvalue weighted by atomic mass is 16.2. The molecule has 3 nitrogen and oxygen atoms in total. The summed E-state index contributed by atoms with van der Waals surface area (Å²) in [4.78, 5) is 11.1. The smallest absolute Gasteiger partial charge is 0.236 e. The van der Waals surface area contributed by atoms with E-state index in [1.54, 1.807) is 6.92 Å². The third-order valence-electron chi connectivity index (χ3n) is 2.42. The molecule has 0 saturated heterocycles. The van der Waals surface area contributed by atoms with E-state index in [2.05, 4.69) is 19.2 Å². The van der Waals surface area contributed by atoms with Gasteiger partial charge in [-0.2, -0.15) is 0 Å². The lowest BCUT2D eigenvalue weighted by atomic mass is 10.0. The summed E-state index contributed by atoms with van der Waals surface area (Å²) in [7, 11) is 0. The first kappa shape index (κ1) is 14.4. The number of rotatable bonds is 8. The second-order valence-electron chi connectivity index (χ2n) is 4.68. The number of carbonyl (C=O) groups is 1. The van der Waals surface area contributed by atoms with Gasteiger partial charge in [-0.1, -0.05) is 39.5 Å². The van der Waals surface area contributed by atoms with E-state index >= 15 is 0 Å². The Morgan fingerprint density at radius 1 is 1.13 bits per heavy atom. The van der Waals surface area contributed by atoms with E-state index in [4.69, 9.17) is 5.73 Å². The zero-order valence-electron chi connectivity index (χ0n) is 10.4. The summed E-state index contributed by atoms with van der Waals surface area (Å²) in [6, 6.07) is -0.383. The van der Waals surface area contributed by atoms with Crippen molar-refractivity contribution in [3.05, 3.63) is 0 Å². The van der Waals surface area contributed by atoms with Gasteiger partial charge in [0, 0.05) is 6.54 Å². The van der Waals surface area contributed by atoms with Gasteiger partial charge in [-0.3, -0.25) is 4.79 Å². The molecule has 0 aromatic rings. The van der Waals surface area contributed by atoms with E-state index in [0.717, 1.165) is 18.9 Å². The Hall–Kier alpha value is -0.570. The highest BCUT2D eigenvalue weighted by Crippen LogP contribution is 2.08. The normalized spacial score (nSPS) is 12.9. The van der Waals surface area contributed by atoms with Gasteiger partial charge >= 0.3 is 0 Å². The van der Waals surface area contributed by atoms with Crippen LogP contribution in [-0.4, -0.2) is 18.5 Å². The third kappa shape index (κ3) is 9.73. The van der Waals surface area contributed by atoms with Gasteiger partial charge in [0.15, 0.2) is 0 Å². The molecule has 0 bridgehead atoms. The zero-order chi connectivity index (χ0) is 11.7. The third-order valence-corrected chi connectivity index (χ3v) is 2.42. The van der Waals surface area contributed by atoms with Crippen molar-refractivity contribution in [3.8, 4) is 0 Å². The molecule has 0 unspecified atom stereocenters. The minimum absolute atomic E-state index is 0.0443. The molecule has 0 aromatic carbocycles. The molecule has 0 aliphatic carbocycles. The fourth-order valence-electron chi connectivity index (χ4n) is 1.40. The first-order valence-corrected chi connectivity index (χ1v) is 6.07. The van der Waals surface area contributed by atoms with Crippen LogP contribution < -0.4 is 11.1 Å². The molecule has 15 heavy (non-hydrogen) atoms. The second-order valence-corrected chi connectivity index (χ2v) is 4.68. The number of hydrogen-bond donors (Lipinski definition) is 2. The number of amides is 1. The van der Waals surface area contributed by atoms with Gasteiger partial charge < -0.3 is 11.1 Å². The monoisotopic (exact) mass is 214 g/mol. The molecular formula is C12H26N2O. The molecule has 0 radical (unpaired) electrons. The van der Waals surface area contributed by atoms with Crippen LogP contribution in [0.25, 0.3) is 0 Å². The topological polar surface area (TPSA) is 55.1 Å². The minimum Gasteiger partial charge on any atom is -0.355 e. The van der Waals surface area contributed by atoms with Gasteiger partial charge in [0.2, 0.25) is 5.91 Å². The molecule has 0 fully saturated rings. The van der Waals surface area contributed by atoms with Crippen molar-refractivity contribution >= 4 is 5.91 Å². The van der Waals surface area contributed by atoms with Crippen LogP contribution in [0.2, 0.25) is 0 Å². The highest BCUT2D eigenvalue weighted by Gasteiger charge is 2.04. The minimum atomic E-state index is -0.383. The van der Waals surface area contributed by atoms with Crippen molar-refractivity contribution < 1.29 is 4.79 Å². The standard InChI is InChI=1S/C12H26N2O/c1-10(2)8-6-4-5-7-9-14-12(15)11(3)13/h10-11H,4-9,13H2,1-3H3,(H,14,15)/t11-/m0/s1. The van der Waals surface area contributed by atoms with Crippen molar-refractivity contribution in [2.75, 3.05) is 6.54 Å².